The van der Waals surface area contributed by atoms with Gasteiger partial charge in [-0.1, -0.05) is 6.07 Å². The zero-order chi connectivity index (χ0) is 14.7. The van der Waals surface area contributed by atoms with Crippen molar-refractivity contribution in [1.29, 1.82) is 0 Å². The molecule has 1 aliphatic rings. The minimum Gasteiger partial charge on any atom is -0.367 e. The Balaban J connectivity index is 1.66. The first-order valence-electron chi connectivity index (χ1n) is 6.92. The Morgan fingerprint density at radius 2 is 2.14 bits per heavy atom. The lowest BCUT2D eigenvalue weighted by Crippen LogP contribution is -2.12. The lowest BCUT2D eigenvalue weighted by atomic mass is 10.2. The quantitative estimate of drug-likeness (QED) is 0.828. The highest BCUT2D eigenvalue weighted by molar-refractivity contribution is 7.98. The Labute approximate surface area is 128 Å². The molecule has 1 saturated carbocycles. The molecule has 3 rings (SSSR count). The van der Waals surface area contributed by atoms with Gasteiger partial charge in [0.1, 0.15) is 5.82 Å². The molecule has 0 unspecified atom stereocenters. The van der Waals surface area contributed by atoms with Crippen molar-refractivity contribution in [2.45, 2.75) is 23.8 Å². The molecule has 0 spiro atoms. The van der Waals surface area contributed by atoms with Gasteiger partial charge in [0, 0.05) is 22.8 Å². The van der Waals surface area contributed by atoms with Crippen LogP contribution in [-0.2, 0) is 0 Å². The summed E-state index contributed by atoms with van der Waals surface area (Å²) < 4.78 is 0. The summed E-state index contributed by atoms with van der Waals surface area (Å²) in [5.41, 5.74) is 1.36. The average Bonchev–Trinajstić information content (AvgIpc) is 3.32. The molecule has 1 aromatic carbocycles. The first-order valence-corrected chi connectivity index (χ1v) is 8.15. The van der Waals surface area contributed by atoms with E-state index < -0.39 is 0 Å². The van der Waals surface area contributed by atoms with Crippen LogP contribution in [0.3, 0.4) is 0 Å². The Morgan fingerprint density at radius 1 is 1.29 bits per heavy atom. The standard InChI is InChI=1S/C16H17N3OS/c1-21-14-4-2-3-13(9-14)19-16(20)11-5-8-15(17-10-11)18-12-6-7-12/h2-5,8-10,12H,6-7H2,1H3,(H,17,18)(H,19,20). The Morgan fingerprint density at radius 3 is 2.81 bits per heavy atom. The minimum absolute atomic E-state index is 0.140. The number of hydrogen-bond acceptors (Lipinski definition) is 4. The number of aromatic nitrogens is 1. The van der Waals surface area contributed by atoms with E-state index in [0.717, 1.165) is 16.4 Å². The molecule has 0 radical (unpaired) electrons. The SMILES string of the molecule is CSc1cccc(NC(=O)c2ccc(NC3CC3)nc2)c1. The van der Waals surface area contributed by atoms with E-state index in [2.05, 4.69) is 15.6 Å². The van der Waals surface area contributed by atoms with Gasteiger partial charge in [0.2, 0.25) is 0 Å². The van der Waals surface area contributed by atoms with Gasteiger partial charge in [0.15, 0.2) is 0 Å². The van der Waals surface area contributed by atoms with E-state index in [9.17, 15) is 4.79 Å². The third-order valence-corrected chi connectivity index (χ3v) is 4.01. The number of nitrogens with zero attached hydrogens (tertiary/aromatic N) is 1. The number of carbonyl (C=O) groups excluding carboxylic acids is 1. The number of rotatable bonds is 5. The molecule has 108 valence electrons. The largest absolute Gasteiger partial charge is 0.367 e. The second-order valence-electron chi connectivity index (χ2n) is 5.04. The first-order chi connectivity index (χ1) is 10.2. The van der Waals surface area contributed by atoms with Crippen LogP contribution in [-0.4, -0.2) is 23.2 Å². The third kappa shape index (κ3) is 3.76. The van der Waals surface area contributed by atoms with E-state index in [4.69, 9.17) is 0 Å². The van der Waals surface area contributed by atoms with Gasteiger partial charge in [-0.3, -0.25) is 4.79 Å². The van der Waals surface area contributed by atoms with Crippen LogP contribution in [0.25, 0.3) is 0 Å². The van der Waals surface area contributed by atoms with Crippen LogP contribution in [0.1, 0.15) is 23.2 Å². The van der Waals surface area contributed by atoms with Crippen molar-refractivity contribution in [3.05, 3.63) is 48.2 Å². The summed E-state index contributed by atoms with van der Waals surface area (Å²) >= 11 is 1.65. The van der Waals surface area contributed by atoms with Gasteiger partial charge in [-0.05, 0) is 49.4 Å². The van der Waals surface area contributed by atoms with Gasteiger partial charge < -0.3 is 10.6 Å². The normalized spacial score (nSPS) is 13.8. The minimum atomic E-state index is -0.140. The smallest absolute Gasteiger partial charge is 0.257 e. The summed E-state index contributed by atoms with van der Waals surface area (Å²) in [7, 11) is 0. The van der Waals surface area contributed by atoms with Gasteiger partial charge >= 0.3 is 0 Å². The molecule has 1 amide bonds. The van der Waals surface area contributed by atoms with Gasteiger partial charge in [-0.15, -0.1) is 11.8 Å². The predicted molar refractivity (Wildman–Crippen MR) is 87.1 cm³/mol. The fraction of sp³-hybridized carbons (Fsp3) is 0.250. The molecule has 1 fully saturated rings. The molecule has 0 saturated heterocycles. The monoisotopic (exact) mass is 299 g/mol. The van der Waals surface area contributed by atoms with E-state index in [1.165, 1.54) is 12.8 Å². The van der Waals surface area contributed by atoms with Crippen molar-refractivity contribution in [3.8, 4) is 0 Å². The first kappa shape index (κ1) is 13.9. The highest BCUT2D eigenvalue weighted by atomic mass is 32.2. The number of pyridine rings is 1. The second-order valence-corrected chi connectivity index (χ2v) is 5.92. The highest BCUT2D eigenvalue weighted by Gasteiger charge is 2.21. The molecule has 1 heterocycles. The summed E-state index contributed by atoms with van der Waals surface area (Å²) in [6, 6.07) is 12.0. The van der Waals surface area contributed by atoms with E-state index in [1.807, 2.05) is 36.6 Å². The van der Waals surface area contributed by atoms with E-state index in [1.54, 1.807) is 24.0 Å². The van der Waals surface area contributed by atoms with E-state index in [0.29, 0.717) is 11.6 Å². The van der Waals surface area contributed by atoms with Gasteiger partial charge in [-0.25, -0.2) is 4.98 Å². The third-order valence-electron chi connectivity index (χ3n) is 3.28. The molecule has 2 N–H and O–H groups in total. The number of anilines is 2. The number of thioether (sulfide) groups is 1. The summed E-state index contributed by atoms with van der Waals surface area (Å²) in [6.45, 7) is 0. The molecule has 21 heavy (non-hydrogen) atoms. The summed E-state index contributed by atoms with van der Waals surface area (Å²) in [4.78, 5) is 17.6. The topological polar surface area (TPSA) is 54.0 Å². The molecule has 0 atom stereocenters. The maximum absolute atomic E-state index is 12.2. The number of amides is 1. The average molecular weight is 299 g/mol. The van der Waals surface area contributed by atoms with Crippen molar-refractivity contribution in [3.63, 3.8) is 0 Å². The predicted octanol–water partition coefficient (Wildman–Crippen LogP) is 3.63. The number of benzene rings is 1. The zero-order valence-electron chi connectivity index (χ0n) is 11.8. The number of nitrogens with one attached hydrogen (secondary N) is 2. The molecule has 4 nitrogen and oxygen atoms in total. The van der Waals surface area contributed by atoms with Crippen LogP contribution in [0.4, 0.5) is 11.5 Å². The lowest BCUT2D eigenvalue weighted by molar-refractivity contribution is 0.102. The van der Waals surface area contributed by atoms with Crippen molar-refractivity contribution in [2.24, 2.45) is 0 Å². The van der Waals surface area contributed by atoms with Crippen LogP contribution in [0.5, 0.6) is 0 Å². The van der Waals surface area contributed by atoms with Crippen molar-refractivity contribution >= 4 is 29.2 Å². The van der Waals surface area contributed by atoms with Crippen LogP contribution in [0.15, 0.2) is 47.5 Å². The molecule has 5 heteroatoms. The van der Waals surface area contributed by atoms with Crippen molar-refractivity contribution in [2.75, 3.05) is 16.9 Å². The second kappa shape index (κ2) is 6.18. The molecule has 0 bridgehead atoms. The van der Waals surface area contributed by atoms with Crippen LogP contribution >= 0.6 is 11.8 Å². The Hall–Kier alpha value is -2.01. The molecular formula is C16H17N3OS. The zero-order valence-corrected chi connectivity index (χ0v) is 12.6. The maximum Gasteiger partial charge on any atom is 0.257 e. The Bertz CT molecular complexity index is 638. The van der Waals surface area contributed by atoms with Gasteiger partial charge in [0.05, 0.1) is 5.56 Å². The van der Waals surface area contributed by atoms with Crippen LogP contribution in [0, 0.1) is 0 Å². The molecular weight excluding hydrogens is 282 g/mol. The van der Waals surface area contributed by atoms with Crippen molar-refractivity contribution < 1.29 is 4.79 Å². The van der Waals surface area contributed by atoms with E-state index >= 15 is 0 Å². The van der Waals surface area contributed by atoms with Gasteiger partial charge in [0.25, 0.3) is 5.91 Å². The van der Waals surface area contributed by atoms with Gasteiger partial charge in [-0.2, -0.15) is 0 Å². The number of carbonyl (C=O) groups is 1. The fourth-order valence-electron chi connectivity index (χ4n) is 1.95. The Kier molecular flexibility index (Phi) is 4.10. The number of hydrogen-bond donors (Lipinski definition) is 2. The van der Waals surface area contributed by atoms with Crippen molar-refractivity contribution in [1.82, 2.24) is 4.98 Å². The molecule has 0 aliphatic heterocycles. The van der Waals surface area contributed by atoms with Crippen LogP contribution in [0.2, 0.25) is 0 Å². The maximum atomic E-state index is 12.2. The summed E-state index contributed by atoms with van der Waals surface area (Å²) in [6.07, 6.45) is 6.03. The fourth-order valence-corrected chi connectivity index (χ4v) is 2.41. The van der Waals surface area contributed by atoms with E-state index in [-0.39, 0.29) is 5.91 Å². The molecule has 1 aliphatic carbocycles. The van der Waals surface area contributed by atoms with Crippen LogP contribution < -0.4 is 10.6 Å². The summed E-state index contributed by atoms with van der Waals surface area (Å²) in [5.74, 6) is 0.692. The molecule has 1 aromatic heterocycles. The highest BCUT2D eigenvalue weighted by Crippen LogP contribution is 2.23. The molecule has 2 aromatic rings. The lowest BCUT2D eigenvalue weighted by Gasteiger charge is -2.07. The summed E-state index contributed by atoms with van der Waals surface area (Å²) in [5, 5.41) is 6.19.